The molecule has 5 rings (SSSR count). The van der Waals surface area contributed by atoms with Crippen LogP contribution >= 0.6 is 27.5 Å². The van der Waals surface area contributed by atoms with Gasteiger partial charge in [0.25, 0.3) is 5.56 Å². The van der Waals surface area contributed by atoms with E-state index in [4.69, 9.17) is 16.3 Å². The SMILES string of the molecule is CCS(=O)(=O)c1ccc(Cl)cc1Cn1cnc2cc(CN3CCN(C4CCOCC4)CC3)c(Br)cc2c1=O. The summed E-state index contributed by atoms with van der Waals surface area (Å²) in [5, 5.41) is 0.896. The fourth-order valence-electron chi connectivity index (χ4n) is 5.35. The van der Waals surface area contributed by atoms with Crippen LogP contribution in [0.25, 0.3) is 10.9 Å². The summed E-state index contributed by atoms with van der Waals surface area (Å²) >= 11 is 9.84. The molecular weight excluding hydrogens is 592 g/mol. The highest BCUT2D eigenvalue weighted by Gasteiger charge is 2.26. The van der Waals surface area contributed by atoms with Crippen LogP contribution in [0.5, 0.6) is 0 Å². The summed E-state index contributed by atoms with van der Waals surface area (Å²) in [6, 6.07) is 9.09. The molecule has 2 aliphatic rings. The average molecular weight is 624 g/mol. The standard InChI is InChI=1S/C27H32BrClN4O4S/c1-2-38(35,36)26-4-3-21(29)13-20(26)17-33-18-30-25-14-19(24(28)15-23(25)27(33)34)16-31-7-9-32(10-8-31)22-5-11-37-12-6-22/h3-4,13-15,18,22H,2,5-12,16-17H2,1H3. The van der Waals surface area contributed by atoms with E-state index in [0.717, 1.165) is 68.8 Å². The number of hydrogen-bond acceptors (Lipinski definition) is 7. The van der Waals surface area contributed by atoms with Crippen LogP contribution in [0, 0.1) is 0 Å². The van der Waals surface area contributed by atoms with Crippen molar-refractivity contribution in [2.75, 3.05) is 45.1 Å². The smallest absolute Gasteiger partial charge is 0.261 e. The predicted molar refractivity (Wildman–Crippen MR) is 153 cm³/mol. The van der Waals surface area contributed by atoms with Crippen molar-refractivity contribution in [2.24, 2.45) is 0 Å². The number of fused-ring (bicyclic) bond motifs is 1. The van der Waals surface area contributed by atoms with Crippen LogP contribution in [0.3, 0.4) is 0 Å². The highest BCUT2D eigenvalue weighted by molar-refractivity contribution is 9.10. The minimum absolute atomic E-state index is 0.0349. The van der Waals surface area contributed by atoms with Gasteiger partial charge in [-0.1, -0.05) is 34.5 Å². The zero-order valence-corrected chi connectivity index (χ0v) is 24.6. The van der Waals surface area contributed by atoms with Crippen molar-refractivity contribution in [1.29, 1.82) is 0 Å². The predicted octanol–water partition coefficient (Wildman–Crippen LogP) is 3.95. The normalized spacial score (nSPS) is 18.3. The van der Waals surface area contributed by atoms with Crippen molar-refractivity contribution < 1.29 is 13.2 Å². The highest BCUT2D eigenvalue weighted by Crippen LogP contribution is 2.26. The molecule has 0 bridgehead atoms. The number of aromatic nitrogens is 2. The van der Waals surface area contributed by atoms with Crippen molar-refractivity contribution in [3.05, 3.63) is 67.6 Å². The molecule has 11 heteroatoms. The van der Waals surface area contributed by atoms with E-state index in [9.17, 15) is 13.2 Å². The van der Waals surface area contributed by atoms with Crippen LogP contribution in [-0.2, 0) is 27.7 Å². The summed E-state index contributed by atoms with van der Waals surface area (Å²) in [4.78, 5) is 23.2. The summed E-state index contributed by atoms with van der Waals surface area (Å²) in [6.07, 6.45) is 3.72. The molecule has 8 nitrogen and oxygen atoms in total. The summed E-state index contributed by atoms with van der Waals surface area (Å²) in [5.74, 6) is -0.0349. The van der Waals surface area contributed by atoms with Crippen molar-refractivity contribution >= 4 is 48.3 Å². The molecule has 204 valence electrons. The van der Waals surface area contributed by atoms with Crippen molar-refractivity contribution in [3.8, 4) is 0 Å². The van der Waals surface area contributed by atoms with Crippen LogP contribution < -0.4 is 5.56 Å². The maximum atomic E-state index is 13.4. The zero-order valence-electron chi connectivity index (χ0n) is 21.4. The number of hydrogen-bond donors (Lipinski definition) is 0. The van der Waals surface area contributed by atoms with E-state index in [1.807, 2.05) is 12.1 Å². The van der Waals surface area contributed by atoms with Gasteiger partial charge in [-0.2, -0.15) is 0 Å². The summed E-state index contributed by atoms with van der Waals surface area (Å²) in [7, 11) is -3.47. The van der Waals surface area contributed by atoms with Gasteiger partial charge in [-0.3, -0.25) is 19.2 Å². The summed E-state index contributed by atoms with van der Waals surface area (Å²) in [6.45, 7) is 8.27. The van der Waals surface area contributed by atoms with Gasteiger partial charge < -0.3 is 4.74 Å². The fraction of sp³-hybridized carbons (Fsp3) is 0.481. The minimum atomic E-state index is -3.47. The second-order valence-corrected chi connectivity index (χ2v) is 13.5. The Morgan fingerprint density at radius 2 is 1.79 bits per heavy atom. The van der Waals surface area contributed by atoms with Gasteiger partial charge in [0.15, 0.2) is 9.84 Å². The molecular formula is C27H32BrClN4O4S. The van der Waals surface area contributed by atoms with Gasteiger partial charge in [0.1, 0.15) is 0 Å². The first kappa shape index (κ1) is 27.7. The number of piperazine rings is 1. The third kappa shape index (κ3) is 6.00. The lowest BCUT2D eigenvalue weighted by atomic mass is 10.1. The third-order valence-electron chi connectivity index (χ3n) is 7.58. The molecule has 3 heterocycles. The lowest BCUT2D eigenvalue weighted by Gasteiger charge is -2.40. The van der Waals surface area contributed by atoms with Crippen LogP contribution in [-0.4, -0.2) is 79.0 Å². The van der Waals surface area contributed by atoms with Crippen molar-refractivity contribution in [3.63, 3.8) is 0 Å². The first-order chi connectivity index (χ1) is 18.2. The fourth-order valence-corrected chi connectivity index (χ4v) is 7.12. The summed E-state index contributed by atoms with van der Waals surface area (Å²) in [5.41, 5.74) is 1.95. The molecule has 0 radical (unpaired) electrons. The lowest BCUT2D eigenvalue weighted by Crippen LogP contribution is -2.51. The Hall–Kier alpha value is -1.82. The first-order valence-corrected chi connectivity index (χ1v) is 15.8. The molecule has 2 fully saturated rings. The van der Waals surface area contributed by atoms with E-state index in [1.54, 1.807) is 19.1 Å². The quantitative estimate of drug-likeness (QED) is 0.394. The van der Waals surface area contributed by atoms with Gasteiger partial charge in [-0.15, -0.1) is 0 Å². The van der Waals surface area contributed by atoms with Crippen LogP contribution in [0.4, 0.5) is 0 Å². The van der Waals surface area contributed by atoms with E-state index in [-0.39, 0.29) is 22.8 Å². The Morgan fingerprint density at radius 3 is 2.50 bits per heavy atom. The molecule has 38 heavy (non-hydrogen) atoms. The second kappa shape index (κ2) is 11.7. The number of nitrogens with zero attached hydrogens (tertiary/aromatic N) is 4. The van der Waals surface area contributed by atoms with Crippen LogP contribution in [0.15, 0.2) is 50.8 Å². The number of benzene rings is 2. The Bertz CT molecular complexity index is 1480. The molecule has 2 saturated heterocycles. The third-order valence-corrected chi connectivity index (χ3v) is 10.4. The number of halogens is 2. The van der Waals surface area contributed by atoms with Crippen LogP contribution in [0.2, 0.25) is 5.02 Å². The molecule has 0 amide bonds. The highest BCUT2D eigenvalue weighted by atomic mass is 79.9. The lowest BCUT2D eigenvalue weighted by molar-refractivity contribution is 0.0126. The second-order valence-electron chi connectivity index (χ2n) is 9.95. The van der Waals surface area contributed by atoms with Crippen molar-refractivity contribution in [1.82, 2.24) is 19.4 Å². The van der Waals surface area contributed by atoms with Gasteiger partial charge >= 0.3 is 0 Å². The van der Waals surface area contributed by atoms with E-state index >= 15 is 0 Å². The average Bonchev–Trinajstić information content (AvgIpc) is 2.92. The van der Waals surface area contributed by atoms with E-state index in [2.05, 4.69) is 30.7 Å². The topological polar surface area (TPSA) is 84.7 Å². The first-order valence-electron chi connectivity index (χ1n) is 13.0. The molecule has 0 N–H and O–H groups in total. The number of sulfone groups is 1. The van der Waals surface area contributed by atoms with E-state index in [1.165, 1.54) is 17.0 Å². The van der Waals surface area contributed by atoms with Gasteiger partial charge in [0, 0.05) is 61.5 Å². The molecule has 0 aliphatic carbocycles. The molecule has 0 unspecified atom stereocenters. The van der Waals surface area contributed by atoms with Crippen LogP contribution in [0.1, 0.15) is 30.9 Å². The monoisotopic (exact) mass is 622 g/mol. The molecule has 0 atom stereocenters. The molecule has 3 aromatic rings. The van der Waals surface area contributed by atoms with Crippen molar-refractivity contribution in [2.45, 2.75) is 43.8 Å². The Morgan fingerprint density at radius 1 is 1.05 bits per heavy atom. The van der Waals surface area contributed by atoms with Gasteiger partial charge in [0.2, 0.25) is 0 Å². The molecule has 0 saturated carbocycles. The number of rotatable bonds is 7. The Labute approximate surface area is 236 Å². The molecule has 2 aliphatic heterocycles. The Balaban J connectivity index is 1.34. The molecule has 0 spiro atoms. The molecule has 1 aromatic heterocycles. The van der Waals surface area contributed by atoms with Gasteiger partial charge in [-0.25, -0.2) is 13.4 Å². The maximum absolute atomic E-state index is 13.4. The van der Waals surface area contributed by atoms with E-state index < -0.39 is 9.84 Å². The number of ether oxygens (including phenoxy) is 1. The van der Waals surface area contributed by atoms with Gasteiger partial charge in [-0.05, 0) is 54.3 Å². The van der Waals surface area contributed by atoms with Gasteiger partial charge in [0.05, 0.1) is 34.4 Å². The largest absolute Gasteiger partial charge is 0.381 e. The minimum Gasteiger partial charge on any atom is -0.381 e. The maximum Gasteiger partial charge on any atom is 0.261 e. The molecule has 2 aromatic carbocycles. The van der Waals surface area contributed by atoms with E-state index in [0.29, 0.717) is 27.5 Å². The zero-order chi connectivity index (χ0) is 26.9. The Kier molecular flexibility index (Phi) is 8.57. The summed E-state index contributed by atoms with van der Waals surface area (Å²) < 4.78 is 33.0.